The summed E-state index contributed by atoms with van der Waals surface area (Å²) in [5.74, 6) is -2.89. The van der Waals surface area contributed by atoms with Gasteiger partial charge in [-0.1, -0.05) is 11.8 Å². The van der Waals surface area contributed by atoms with Crippen LogP contribution in [0.4, 0.5) is 13.2 Å². The van der Waals surface area contributed by atoms with Crippen LogP contribution in [0.25, 0.3) is 6.08 Å². The van der Waals surface area contributed by atoms with Gasteiger partial charge in [-0.2, -0.15) is 18.3 Å². The molecule has 0 spiro atoms. The van der Waals surface area contributed by atoms with E-state index in [2.05, 4.69) is 16.5 Å². The number of carboxylic acids is 1. The summed E-state index contributed by atoms with van der Waals surface area (Å²) in [7, 11) is 0. The van der Waals surface area contributed by atoms with Gasteiger partial charge in [-0.25, -0.2) is 4.79 Å². The number of alkyl halides is 3. The number of rotatable bonds is 8. The Kier molecular flexibility index (Phi) is 12.1. The van der Waals surface area contributed by atoms with Crippen molar-refractivity contribution in [3.05, 3.63) is 23.5 Å². The minimum Gasteiger partial charge on any atom is -0.475 e. The highest BCUT2D eigenvalue weighted by molar-refractivity contribution is 8.14. The molecule has 8 nitrogen and oxygen atoms in total. The average molecular weight is 480 g/mol. The topological polar surface area (TPSA) is 111 Å². The second-order valence-electron chi connectivity index (χ2n) is 6.85. The number of unbranched alkanes of at least 4 members (excludes halogenated alkanes) is 1. The van der Waals surface area contributed by atoms with E-state index in [0.717, 1.165) is 44.6 Å². The lowest BCUT2D eigenvalue weighted by Crippen LogP contribution is -2.32. The molecule has 0 saturated carbocycles. The summed E-state index contributed by atoms with van der Waals surface area (Å²) in [6.07, 6.45) is 2.07. The van der Waals surface area contributed by atoms with Crippen LogP contribution in [0.1, 0.15) is 45.2 Å². The lowest BCUT2D eigenvalue weighted by atomic mass is 10.0. The number of carbonyl (C=O) groups is 3. The number of aryl methyl sites for hydroxylation is 1. The number of thioether (sulfide) groups is 1. The lowest BCUT2D eigenvalue weighted by Gasteiger charge is -2.24. The predicted molar refractivity (Wildman–Crippen MR) is 114 cm³/mol. The maximum Gasteiger partial charge on any atom is 0.490 e. The Morgan fingerprint density at radius 2 is 2.06 bits per heavy atom. The Balaban J connectivity index is 0.000000633. The van der Waals surface area contributed by atoms with Crippen molar-refractivity contribution in [2.45, 2.75) is 57.5 Å². The number of hydrogen-bond donors (Lipinski definition) is 2. The highest BCUT2D eigenvalue weighted by Gasteiger charge is 2.38. The van der Waals surface area contributed by atoms with E-state index in [4.69, 9.17) is 14.6 Å². The highest BCUT2D eigenvalue weighted by Crippen LogP contribution is 2.26. The van der Waals surface area contributed by atoms with Crippen molar-refractivity contribution in [2.24, 2.45) is 0 Å². The molecule has 0 aliphatic carbocycles. The molecule has 1 aliphatic rings. The zero-order valence-corrected chi connectivity index (χ0v) is 18.8. The van der Waals surface area contributed by atoms with E-state index >= 15 is 0 Å². The molecule has 0 amide bonds. The molecule has 0 radical (unpaired) electrons. The molecule has 32 heavy (non-hydrogen) atoms. The molecule has 2 N–H and O–H groups in total. The van der Waals surface area contributed by atoms with E-state index in [9.17, 15) is 22.8 Å². The Hall–Kier alpha value is -2.34. The number of ether oxygens (including phenoxy) is 1. The van der Waals surface area contributed by atoms with Gasteiger partial charge >= 0.3 is 18.1 Å². The van der Waals surface area contributed by atoms with Gasteiger partial charge in [-0.05, 0) is 50.4 Å². The molecule has 1 aromatic heterocycles. The monoisotopic (exact) mass is 479 g/mol. The molecule has 0 aromatic carbocycles. The number of nitrogens with zero attached hydrogens (tertiary/aromatic N) is 2. The number of nitrogens with one attached hydrogen (secondary N) is 1. The van der Waals surface area contributed by atoms with E-state index in [1.807, 2.05) is 23.9 Å². The normalized spacial score (nSPS) is 17.4. The summed E-state index contributed by atoms with van der Waals surface area (Å²) in [5, 5.41) is 15.5. The number of halogens is 3. The van der Waals surface area contributed by atoms with Gasteiger partial charge < -0.3 is 15.2 Å². The molecule has 2 heterocycles. The van der Waals surface area contributed by atoms with E-state index in [0.29, 0.717) is 13.0 Å². The van der Waals surface area contributed by atoms with E-state index in [1.54, 1.807) is 6.92 Å². The van der Waals surface area contributed by atoms with Crippen LogP contribution in [0.15, 0.2) is 17.8 Å². The van der Waals surface area contributed by atoms with Gasteiger partial charge in [0.2, 0.25) is 0 Å². The van der Waals surface area contributed by atoms with Gasteiger partial charge in [-0.3, -0.25) is 14.3 Å². The van der Waals surface area contributed by atoms with Crippen LogP contribution in [0.3, 0.4) is 0 Å². The van der Waals surface area contributed by atoms with Crippen LogP contribution in [0.5, 0.6) is 0 Å². The molecular formula is C20H28F3N3O5S. The second kappa shape index (κ2) is 13.9. The smallest absolute Gasteiger partial charge is 0.475 e. The summed E-state index contributed by atoms with van der Waals surface area (Å²) in [6, 6.07) is 1.99. The molecule has 0 bridgehead atoms. The van der Waals surface area contributed by atoms with Gasteiger partial charge in [0, 0.05) is 37.9 Å². The van der Waals surface area contributed by atoms with Crippen LogP contribution >= 0.6 is 11.8 Å². The number of carboxylic acid groups (broad SMARTS) is 1. The van der Waals surface area contributed by atoms with Crippen molar-refractivity contribution in [3.8, 4) is 0 Å². The summed E-state index contributed by atoms with van der Waals surface area (Å²) < 4.78 is 38.6. The molecular weight excluding hydrogens is 451 g/mol. The Bertz CT molecular complexity index is 796. The molecule has 180 valence electrons. The minimum atomic E-state index is -5.08. The van der Waals surface area contributed by atoms with Gasteiger partial charge in [-0.15, -0.1) is 0 Å². The summed E-state index contributed by atoms with van der Waals surface area (Å²) in [6.45, 7) is 6.41. The van der Waals surface area contributed by atoms with Gasteiger partial charge in [0.15, 0.2) is 5.12 Å². The standard InChI is InChI=1S/C18H27N3O3S.C2HF3O2/c1-3-24-18(23)6-4-5-10-21-11-8-16(20-21)12-15-13-19-9-7-17(15)25-14(2)22;3-2(4,5)1(6)7/h8,11-12,17,19H,3-7,9-10,13H2,1-2H3;(H,6,7). The third kappa shape index (κ3) is 11.3. The van der Waals surface area contributed by atoms with Crippen molar-refractivity contribution >= 4 is 34.9 Å². The first-order valence-electron chi connectivity index (χ1n) is 10.1. The van der Waals surface area contributed by atoms with Crippen molar-refractivity contribution in [3.63, 3.8) is 0 Å². The molecule has 1 saturated heterocycles. The van der Waals surface area contributed by atoms with E-state index in [-0.39, 0.29) is 16.3 Å². The molecule has 12 heteroatoms. The number of piperidine rings is 1. The number of esters is 1. The van der Waals surface area contributed by atoms with Crippen LogP contribution in [-0.2, 0) is 25.7 Å². The van der Waals surface area contributed by atoms with Crippen molar-refractivity contribution in [1.29, 1.82) is 0 Å². The van der Waals surface area contributed by atoms with Gasteiger partial charge in [0.05, 0.1) is 12.3 Å². The number of hydrogen-bond acceptors (Lipinski definition) is 7. The summed E-state index contributed by atoms with van der Waals surface area (Å²) in [4.78, 5) is 31.6. The predicted octanol–water partition coefficient (Wildman–Crippen LogP) is 3.27. The molecule has 1 aromatic rings. The maximum atomic E-state index is 11.4. The Morgan fingerprint density at radius 3 is 2.66 bits per heavy atom. The summed E-state index contributed by atoms with van der Waals surface area (Å²) in [5.41, 5.74) is 2.14. The zero-order chi connectivity index (χ0) is 24.1. The van der Waals surface area contributed by atoms with E-state index < -0.39 is 12.1 Å². The van der Waals surface area contributed by atoms with Crippen LogP contribution in [0, 0.1) is 0 Å². The zero-order valence-electron chi connectivity index (χ0n) is 18.0. The quantitative estimate of drug-likeness (QED) is 0.432. The molecule has 1 aliphatic heterocycles. The fourth-order valence-corrected chi connectivity index (χ4v) is 3.73. The maximum absolute atomic E-state index is 11.4. The van der Waals surface area contributed by atoms with Crippen LogP contribution in [-0.4, -0.2) is 63.1 Å². The Labute approximate surface area is 188 Å². The lowest BCUT2D eigenvalue weighted by molar-refractivity contribution is -0.192. The minimum absolute atomic E-state index is 0.132. The second-order valence-corrected chi connectivity index (χ2v) is 8.23. The third-order valence-electron chi connectivity index (χ3n) is 4.19. The van der Waals surface area contributed by atoms with Gasteiger partial charge in [0.25, 0.3) is 0 Å². The number of aliphatic carboxylic acids is 1. The van der Waals surface area contributed by atoms with Crippen molar-refractivity contribution in [1.82, 2.24) is 15.1 Å². The largest absolute Gasteiger partial charge is 0.490 e. The van der Waals surface area contributed by atoms with E-state index in [1.165, 1.54) is 17.3 Å². The third-order valence-corrected chi connectivity index (χ3v) is 5.35. The Morgan fingerprint density at radius 1 is 1.38 bits per heavy atom. The number of carbonyl (C=O) groups excluding carboxylic acids is 2. The molecule has 1 atom stereocenters. The fourth-order valence-electron chi connectivity index (χ4n) is 2.79. The van der Waals surface area contributed by atoms with Crippen molar-refractivity contribution < 1.29 is 37.4 Å². The molecule has 1 fully saturated rings. The SMILES string of the molecule is CCOC(=O)CCCCn1ccc(C=C2CNCCC2SC(C)=O)n1.O=C(O)C(F)(F)F. The molecule has 1 unspecified atom stereocenters. The van der Waals surface area contributed by atoms with Crippen molar-refractivity contribution in [2.75, 3.05) is 19.7 Å². The van der Waals surface area contributed by atoms with Gasteiger partial charge in [0.1, 0.15) is 0 Å². The first-order valence-corrected chi connectivity index (χ1v) is 11.0. The average Bonchev–Trinajstić information content (AvgIpc) is 3.14. The molecule has 2 rings (SSSR count). The first-order chi connectivity index (χ1) is 15.0. The van der Waals surface area contributed by atoms with Crippen LogP contribution in [0.2, 0.25) is 0 Å². The van der Waals surface area contributed by atoms with Crippen LogP contribution < -0.4 is 5.32 Å². The fraction of sp³-hybridized carbons (Fsp3) is 0.600. The summed E-state index contributed by atoms with van der Waals surface area (Å²) >= 11 is 1.41. The first kappa shape index (κ1) is 27.7. The highest BCUT2D eigenvalue weighted by atomic mass is 32.2. The number of aromatic nitrogens is 2.